The van der Waals surface area contributed by atoms with Crippen molar-refractivity contribution in [3.05, 3.63) is 8.97 Å². The molecule has 0 aliphatic heterocycles. The minimum atomic E-state index is -1.18. The first-order valence-electron chi connectivity index (χ1n) is 1.49. The second kappa shape index (κ2) is 3.33. The van der Waals surface area contributed by atoms with E-state index in [0.29, 0.717) is 0 Å². The van der Waals surface area contributed by atoms with Gasteiger partial charge in [0.05, 0.1) is 0 Å². The third-order valence-corrected chi connectivity index (χ3v) is 1.92. The molecule has 8 heavy (non-hydrogen) atoms. The molecule has 0 aliphatic carbocycles. The van der Waals surface area contributed by atoms with E-state index in [0.717, 1.165) is 0 Å². The molecule has 2 nitrogen and oxygen atoms in total. The Hall–Kier alpha value is 0.270. The molecule has 0 unspecified atom stereocenters. The van der Waals surface area contributed by atoms with Gasteiger partial charge in [-0.2, -0.15) is 0 Å². The van der Waals surface area contributed by atoms with Gasteiger partial charge >= 0.3 is 5.97 Å². The Labute approximate surface area is 64.2 Å². The smallest absolute Gasteiger partial charge is 0.345 e. The highest BCUT2D eigenvalue weighted by atomic mass is 79.9. The van der Waals surface area contributed by atoms with Crippen molar-refractivity contribution in [2.45, 2.75) is 0 Å². The zero-order valence-electron chi connectivity index (χ0n) is 3.49. The first kappa shape index (κ1) is 8.27. The number of aliphatic carboxylic acids is 1. The number of carboxylic acid groups (broad SMARTS) is 1. The first-order chi connectivity index (χ1) is 3.55. The van der Waals surface area contributed by atoms with Crippen LogP contribution in [0.1, 0.15) is 0 Å². The highest BCUT2D eigenvalue weighted by molar-refractivity contribution is 9.12. The number of halogens is 3. The van der Waals surface area contributed by atoms with Crippen LogP contribution in [0.3, 0.4) is 0 Å². The van der Waals surface area contributed by atoms with Gasteiger partial charge in [0.2, 0.25) is 0 Å². The Morgan fingerprint density at radius 3 is 1.88 bits per heavy atom. The van der Waals surface area contributed by atoms with Crippen LogP contribution in [0.15, 0.2) is 8.97 Å². The Bertz CT molecular complexity index is 138. The van der Waals surface area contributed by atoms with E-state index in [4.69, 9.17) is 28.3 Å². The molecule has 0 rings (SSSR count). The Morgan fingerprint density at radius 1 is 1.50 bits per heavy atom. The summed E-state index contributed by atoms with van der Waals surface area (Å²) in [6.45, 7) is 0. The summed E-state index contributed by atoms with van der Waals surface area (Å²) in [6.07, 6.45) is 0. The fourth-order valence-electron chi connectivity index (χ4n) is 0.0808. The maximum atomic E-state index is 9.87. The molecule has 0 heterocycles. The standard InChI is InChI=1S/C3HBrCl2O2/c4-1(2(5)6)3(7)8/h(H,7,8). The third-order valence-electron chi connectivity index (χ3n) is 0.354. The van der Waals surface area contributed by atoms with Gasteiger partial charge < -0.3 is 5.11 Å². The van der Waals surface area contributed by atoms with Gasteiger partial charge in [0.15, 0.2) is 0 Å². The largest absolute Gasteiger partial charge is 0.477 e. The summed E-state index contributed by atoms with van der Waals surface area (Å²) >= 11 is 12.7. The minimum Gasteiger partial charge on any atom is -0.477 e. The molecule has 0 aliphatic rings. The maximum absolute atomic E-state index is 9.87. The van der Waals surface area contributed by atoms with Crippen molar-refractivity contribution in [2.24, 2.45) is 0 Å². The quantitative estimate of drug-likeness (QED) is 0.687. The van der Waals surface area contributed by atoms with Crippen LogP contribution in [0, 0.1) is 0 Å². The Morgan fingerprint density at radius 2 is 1.88 bits per heavy atom. The van der Waals surface area contributed by atoms with Gasteiger partial charge in [-0.15, -0.1) is 0 Å². The summed E-state index contributed by atoms with van der Waals surface area (Å²) in [4.78, 5) is 9.87. The van der Waals surface area contributed by atoms with Crippen molar-refractivity contribution >= 4 is 45.1 Å². The second-order valence-corrected chi connectivity index (χ2v) is 2.62. The molecule has 0 bridgehead atoms. The summed E-state index contributed by atoms with van der Waals surface area (Å²) in [5.41, 5.74) is 0. The highest BCUT2D eigenvalue weighted by Crippen LogP contribution is 2.18. The third kappa shape index (κ3) is 2.55. The highest BCUT2D eigenvalue weighted by Gasteiger charge is 2.05. The van der Waals surface area contributed by atoms with Crippen molar-refractivity contribution in [3.8, 4) is 0 Å². The molecule has 0 aromatic carbocycles. The molecule has 0 radical (unpaired) electrons. The van der Waals surface area contributed by atoms with E-state index in [1.165, 1.54) is 0 Å². The first-order valence-corrected chi connectivity index (χ1v) is 3.04. The van der Waals surface area contributed by atoms with Crippen molar-refractivity contribution < 1.29 is 9.90 Å². The average Bonchev–Trinajstić information content (AvgIpc) is 1.64. The summed E-state index contributed by atoms with van der Waals surface area (Å²) < 4.78 is -0.502. The number of carboxylic acids is 1. The molecule has 1 N–H and O–H groups in total. The molecule has 5 heteroatoms. The lowest BCUT2D eigenvalue weighted by Crippen LogP contribution is -1.92. The predicted molar refractivity (Wildman–Crippen MR) is 35.3 cm³/mol. The van der Waals surface area contributed by atoms with Crippen LogP contribution >= 0.6 is 39.1 Å². The van der Waals surface area contributed by atoms with E-state index in [9.17, 15) is 4.79 Å². The number of carbonyl (C=O) groups is 1. The fraction of sp³-hybridized carbons (Fsp3) is 0. The molecule has 0 atom stereocenters. The van der Waals surface area contributed by atoms with Crippen molar-refractivity contribution in [1.82, 2.24) is 0 Å². The van der Waals surface area contributed by atoms with Crippen molar-refractivity contribution in [3.63, 3.8) is 0 Å². The van der Waals surface area contributed by atoms with Crippen molar-refractivity contribution in [1.29, 1.82) is 0 Å². The van der Waals surface area contributed by atoms with Crippen LogP contribution < -0.4 is 0 Å². The molecule has 0 aromatic heterocycles. The molecule has 0 spiro atoms. The lowest BCUT2D eigenvalue weighted by atomic mass is 10.7. The molecule has 0 amide bonds. The Balaban J connectivity index is 4.23. The maximum Gasteiger partial charge on any atom is 0.345 e. The van der Waals surface area contributed by atoms with Gasteiger partial charge in [0.1, 0.15) is 8.97 Å². The number of hydrogen-bond donors (Lipinski definition) is 1. The molecule has 0 saturated heterocycles. The monoisotopic (exact) mass is 218 g/mol. The summed E-state index contributed by atoms with van der Waals surface area (Å²) in [5, 5.41) is 8.08. The number of rotatable bonds is 1. The lowest BCUT2D eigenvalue weighted by Gasteiger charge is -1.85. The van der Waals surface area contributed by atoms with Gasteiger partial charge in [-0.1, -0.05) is 23.2 Å². The average molecular weight is 220 g/mol. The van der Waals surface area contributed by atoms with E-state index < -0.39 is 5.97 Å². The van der Waals surface area contributed by atoms with Crippen molar-refractivity contribution in [2.75, 3.05) is 0 Å². The van der Waals surface area contributed by atoms with E-state index in [2.05, 4.69) is 15.9 Å². The van der Waals surface area contributed by atoms with E-state index in [1.54, 1.807) is 0 Å². The van der Waals surface area contributed by atoms with E-state index in [1.807, 2.05) is 0 Å². The van der Waals surface area contributed by atoms with Gasteiger partial charge in [0, 0.05) is 0 Å². The van der Waals surface area contributed by atoms with Crippen LogP contribution in [0.2, 0.25) is 0 Å². The Kier molecular flexibility index (Phi) is 3.44. The van der Waals surface area contributed by atoms with Crippen LogP contribution in [-0.4, -0.2) is 11.1 Å². The molecule has 0 fully saturated rings. The van der Waals surface area contributed by atoms with Crippen LogP contribution in [-0.2, 0) is 4.79 Å². The molecule has 0 saturated carbocycles. The predicted octanol–water partition coefficient (Wildman–Crippen LogP) is 2.11. The molecule has 46 valence electrons. The normalized spacial score (nSPS) is 8.38. The fourth-order valence-corrected chi connectivity index (χ4v) is 0.243. The summed E-state index contributed by atoms with van der Waals surface area (Å²) in [7, 11) is 0. The van der Waals surface area contributed by atoms with Crippen LogP contribution in [0.25, 0.3) is 0 Å². The zero-order valence-corrected chi connectivity index (χ0v) is 6.59. The van der Waals surface area contributed by atoms with Crippen LogP contribution in [0.4, 0.5) is 0 Å². The van der Waals surface area contributed by atoms with Gasteiger partial charge in [-0.3, -0.25) is 0 Å². The lowest BCUT2D eigenvalue weighted by molar-refractivity contribution is -0.131. The van der Waals surface area contributed by atoms with Crippen LogP contribution in [0.5, 0.6) is 0 Å². The molecular formula is C3HBrCl2O2. The van der Waals surface area contributed by atoms with Gasteiger partial charge in [-0.25, -0.2) is 4.79 Å². The summed E-state index contributed by atoms with van der Waals surface area (Å²) in [6, 6.07) is 0. The minimum absolute atomic E-state index is 0.221. The molecular weight excluding hydrogens is 219 g/mol. The number of hydrogen-bond acceptors (Lipinski definition) is 1. The second-order valence-electron chi connectivity index (χ2n) is 0.880. The van der Waals surface area contributed by atoms with Gasteiger partial charge in [0.25, 0.3) is 0 Å². The SMILES string of the molecule is O=C(O)C(Br)=C(Cl)Cl. The van der Waals surface area contributed by atoms with E-state index in [-0.39, 0.29) is 8.97 Å². The topological polar surface area (TPSA) is 37.3 Å². The zero-order chi connectivity index (χ0) is 6.73. The summed E-state index contributed by atoms with van der Waals surface area (Å²) in [5.74, 6) is -1.18. The molecule has 0 aromatic rings. The van der Waals surface area contributed by atoms with E-state index >= 15 is 0 Å². The van der Waals surface area contributed by atoms with Gasteiger partial charge in [-0.05, 0) is 15.9 Å².